The van der Waals surface area contributed by atoms with Crippen LogP contribution in [-0.4, -0.2) is 10.5 Å². The Kier molecular flexibility index (Phi) is 3.90. The number of benzene rings is 2. The number of hydrogen-bond donors (Lipinski definition) is 1. The first-order chi connectivity index (χ1) is 10.5. The summed E-state index contributed by atoms with van der Waals surface area (Å²) in [6.45, 7) is 4.23. The summed E-state index contributed by atoms with van der Waals surface area (Å²) < 4.78 is 2.01. The summed E-state index contributed by atoms with van der Waals surface area (Å²) in [6, 6.07) is 15.7. The van der Waals surface area contributed by atoms with Crippen molar-refractivity contribution in [3.63, 3.8) is 0 Å². The monoisotopic (exact) mass is 312 g/mol. The van der Waals surface area contributed by atoms with E-state index in [1.54, 1.807) is 6.07 Å². The average molecular weight is 313 g/mol. The number of aryl methyl sites for hydroxylation is 2. The zero-order chi connectivity index (χ0) is 15.7. The number of carbonyl (C=O) groups is 1. The lowest BCUT2D eigenvalue weighted by atomic mass is 10.2. The van der Waals surface area contributed by atoms with Gasteiger partial charge in [-0.3, -0.25) is 4.79 Å². The van der Waals surface area contributed by atoms with Crippen molar-refractivity contribution in [2.24, 2.45) is 0 Å². The number of halogens is 1. The standard InChI is InChI=1S/C18H17ClN2O/c1-12-7-8-15(10-16(12)19)20-18(22)11-21-13(2)9-14-5-3-4-6-17(14)21/h3-10H,11H2,1-2H3,(H,20,22). The van der Waals surface area contributed by atoms with Gasteiger partial charge >= 0.3 is 0 Å². The summed E-state index contributed by atoms with van der Waals surface area (Å²) in [5.41, 5.74) is 3.84. The van der Waals surface area contributed by atoms with Gasteiger partial charge in [-0.2, -0.15) is 0 Å². The molecule has 3 nitrogen and oxygen atoms in total. The fourth-order valence-corrected chi connectivity index (χ4v) is 2.75. The third-order valence-electron chi connectivity index (χ3n) is 3.78. The van der Waals surface area contributed by atoms with Crippen LogP contribution < -0.4 is 5.32 Å². The molecule has 1 N–H and O–H groups in total. The molecule has 4 heteroatoms. The van der Waals surface area contributed by atoms with Gasteiger partial charge in [0, 0.05) is 21.9 Å². The van der Waals surface area contributed by atoms with Gasteiger partial charge in [0.2, 0.25) is 5.91 Å². The predicted octanol–water partition coefficient (Wildman–Crippen LogP) is 4.55. The molecular formula is C18H17ClN2O. The van der Waals surface area contributed by atoms with Gasteiger partial charge in [-0.05, 0) is 49.1 Å². The van der Waals surface area contributed by atoms with Crippen LogP contribution in [0.15, 0.2) is 48.5 Å². The molecule has 0 aliphatic heterocycles. The Bertz CT molecular complexity index is 851. The molecule has 0 aliphatic rings. The molecule has 0 bridgehead atoms. The third-order valence-corrected chi connectivity index (χ3v) is 4.18. The molecule has 2 aromatic carbocycles. The fraction of sp³-hybridized carbons (Fsp3) is 0.167. The molecule has 1 heterocycles. The molecule has 112 valence electrons. The van der Waals surface area contributed by atoms with Crippen LogP contribution in [0.4, 0.5) is 5.69 Å². The van der Waals surface area contributed by atoms with E-state index >= 15 is 0 Å². The van der Waals surface area contributed by atoms with Crippen LogP contribution in [0, 0.1) is 13.8 Å². The zero-order valence-electron chi connectivity index (χ0n) is 12.6. The molecule has 0 fully saturated rings. The second kappa shape index (κ2) is 5.85. The molecule has 0 spiro atoms. The van der Waals surface area contributed by atoms with E-state index in [-0.39, 0.29) is 12.5 Å². The van der Waals surface area contributed by atoms with E-state index in [0.29, 0.717) is 5.02 Å². The highest BCUT2D eigenvalue weighted by atomic mass is 35.5. The van der Waals surface area contributed by atoms with Crippen LogP contribution in [0.25, 0.3) is 10.9 Å². The smallest absolute Gasteiger partial charge is 0.244 e. The second-order valence-electron chi connectivity index (χ2n) is 5.44. The molecule has 1 amide bonds. The van der Waals surface area contributed by atoms with Crippen molar-refractivity contribution in [3.8, 4) is 0 Å². The van der Waals surface area contributed by atoms with Gasteiger partial charge in [-0.15, -0.1) is 0 Å². The van der Waals surface area contributed by atoms with Gasteiger partial charge in [-0.1, -0.05) is 35.9 Å². The number of nitrogens with one attached hydrogen (secondary N) is 1. The van der Waals surface area contributed by atoms with Gasteiger partial charge in [0.05, 0.1) is 0 Å². The summed E-state index contributed by atoms with van der Waals surface area (Å²) in [5, 5.41) is 4.69. The number of anilines is 1. The summed E-state index contributed by atoms with van der Waals surface area (Å²) >= 11 is 6.09. The molecule has 0 atom stereocenters. The van der Waals surface area contributed by atoms with E-state index in [9.17, 15) is 4.79 Å². The SMILES string of the molecule is Cc1ccc(NC(=O)Cn2c(C)cc3ccccc32)cc1Cl. The molecule has 0 unspecified atom stereocenters. The molecule has 22 heavy (non-hydrogen) atoms. The number of fused-ring (bicyclic) bond motifs is 1. The second-order valence-corrected chi connectivity index (χ2v) is 5.85. The fourth-order valence-electron chi connectivity index (χ4n) is 2.57. The van der Waals surface area contributed by atoms with Crippen LogP contribution in [0.1, 0.15) is 11.3 Å². The van der Waals surface area contributed by atoms with Crippen LogP contribution in [-0.2, 0) is 11.3 Å². The van der Waals surface area contributed by atoms with Gasteiger partial charge in [0.1, 0.15) is 6.54 Å². The first kappa shape index (κ1) is 14.7. The highest BCUT2D eigenvalue weighted by molar-refractivity contribution is 6.31. The molecule has 3 rings (SSSR count). The maximum absolute atomic E-state index is 12.3. The Morgan fingerprint density at radius 1 is 1.14 bits per heavy atom. The minimum Gasteiger partial charge on any atom is -0.335 e. The lowest BCUT2D eigenvalue weighted by Crippen LogP contribution is -2.19. The van der Waals surface area contributed by atoms with Crippen molar-refractivity contribution in [3.05, 3.63) is 64.8 Å². The van der Waals surface area contributed by atoms with Crippen molar-refractivity contribution in [2.45, 2.75) is 20.4 Å². The largest absolute Gasteiger partial charge is 0.335 e. The van der Waals surface area contributed by atoms with Crippen LogP contribution >= 0.6 is 11.6 Å². The van der Waals surface area contributed by atoms with Crippen molar-refractivity contribution in [1.29, 1.82) is 0 Å². The van der Waals surface area contributed by atoms with Gasteiger partial charge in [0.25, 0.3) is 0 Å². The van der Waals surface area contributed by atoms with E-state index < -0.39 is 0 Å². The molecule has 0 saturated heterocycles. The first-order valence-electron chi connectivity index (χ1n) is 7.15. The van der Waals surface area contributed by atoms with E-state index in [1.165, 1.54) is 0 Å². The number of hydrogen-bond acceptors (Lipinski definition) is 1. The molecule has 0 aliphatic carbocycles. The summed E-state index contributed by atoms with van der Waals surface area (Å²) in [5.74, 6) is -0.0654. The van der Waals surface area contributed by atoms with Crippen molar-refractivity contribution in [2.75, 3.05) is 5.32 Å². The summed E-state index contributed by atoms with van der Waals surface area (Å²) in [4.78, 5) is 12.3. The Labute approximate surface area is 134 Å². The number of para-hydroxylation sites is 1. The average Bonchev–Trinajstić information content (AvgIpc) is 2.79. The minimum absolute atomic E-state index is 0.0654. The number of nitrogens with zero attached hydrogens (tertiary/aromatic N) is 1. The topological polar surface area (TPSA) is 34.0 Å². The summed E-state index contributed by atoms with van der Waals surface area (Å²) in [7, 11) is 0. The van der Waals surface area contributed by atoms with Gasteiger partial charge in [0.15, 0.2) is 0 Å². The maximum atomic E-state index is 12.3. The number of carbonyl (C=O) groups excluding carboxylic acids is 1. The zero-order valence-corrected chi connectivity index (χ0v) is 13.3. The Morgan fingerprint density at radius 3 is 2.68 bits per heavy atom. The normalized spacial score (nSPS) is 10.9. The molecule has 0 saturated carbocycles. The first-order valence-corrected chi connectivity index (χ1v) is 7.53. The number of amides is 1. The van der Waals surface area contributed by atoms with Crippen molar-refractivity contribution >= 4 is 34.1 Å². The van der Waals surface area contributed by atoms with E-state index in [1.807, 2.05) is 48.7 Å². The Morgan fingerprint density at radius 2 is 1.91 bits per heavy atom. The number of aromatic nitrogens is 1. The third kappa shape index (κ3) is 2.85. The van der Waals surface area contributed by atoms with Gasteiger partial charge < -0.3 is 9.88 Å². The van der Waals surface area contributed by atoms with Crippen molar-refractivity contribution < 1.29 is 4.79 Å². The Balaban J connectivity index is 1.81. The van der Waals surface area contributed by atoms with Crippen LogP contribution in [0.5, 0.6) is 0 Å². The molecule has 3 aromatic rings. The molecular weight excluding hydrogens is 296 g/mol. The lowest BCUT2D eigenvalue weighted by molar-refractivity contribution is -0.116. The number of rotatable bonds is 3. The van der Waals surface area contributed by atoms with Crippen LogP contribution in [0.3, 0.4) is 0 Å². The highest BCUT2D eigenvalue weighted by Crippen LogP contribution is 2.21. The van der Waals surface area contributed by atoms with E-state index in [0.717, 1.165) is 27.8 Å². The molecule has 1 aromatic heterocycles. The summed E-state index contributed by atoms with van der Waals surface area (Å²) in [6.07, 6.45) is 0. The quantitative estimate of drug-likeness (QED) is 0.756. The van der Waals surface area contributed by atoms with Gasteiger partial charge in [-0.25, -0.2) is 0 Å². The maximum Gasteiger partial charge on any atom is 0.244 e. The predicted molar refractivity (Wildman–Crippen MR) is 91.5 cm³/mol. The van der Waals surface area contributed by atoms with Crippen molar-refractivity contribution in [1.82, 2.24) is 4.57 Å². The minimum atomic E-state index is -0.0654. The molecule has 0 radical (unpaired) electrons. The Hall–Kier alpha value is -2.26. The van der Waals surface area contributed by atoms with E-state index in [2.05, 4.69) is 17.4 Å². The van der Waals surface area contributed by atoms with Crippen LogP contribution in [0.2, 0.25) is 5.02 Å². The highest BCUT2D eigenvalue weighted by Gasteiger charge is 2.10. The lowest BCUT2D eigenvalue weighted by Gasteiger charge is -2.10. The van der Waals surface area contributed by atoms with E-state index in [4.69, 9.17) is 11.6 Å².